The van der Waals surface area contributed by atoms with Gasteiger partial charge < -0.3 is 24.8 Å². The Bertz CT molecular complexity index is 377. The molecule has 0 aromatic carbocycles. The van der Waals surface area contributed by atoms with Crippen LogP contribution in [0.15, 0.2) is 6.07 Å². The third-order valence-electron chi connectivity index (χ3n) is 2.45. The smallest absolute Gasteiger partial charge is 0.158 e. The lowest BCUT2D eigenvalue weighted by atomic mass is 10.4. The molecule has 114 valence electrons. The Kier molecular flexibility index (Phi) is 8.61. The third kappa shape index (κ3) is 6.65. The molecule has 0 saturated heterocycles. The molecule has 0 saturated carbocycles. The molecular weight excluding hydrogens is 260 g/mol. The molecule has 0 bridgehead atoms. The number of aromatic nitrogens is 2. The number of nitrogens with one attached hydrogen (secondary N) is 2. The van der Waals surface area contributed by atoms with Crippen molar-refractivity contribution in [2.24, 2.45) is 0 Å². The highest BCUT2D eigenvalue weighted by molar-refractivity contribution is 5.47. The summed E-state index contributed by atoms with van der Waals surface area (Å²) < 4.78 is 15.6. The quantitative estimate of drug-likeness (QED) is 0.590. The Labute approximate surface area is 120 Å². The first-order valence-corrected chi connectivity index (χ1v) is 6.74. The van der Waals surface area contributed by atoms with E-state index < -0.39 is 0 Å². The monoisotopic (exact) mass is 284 g/mol. The van der Waals surface area contributed by atoms with Crippen LogP contribution >= 0.6 is 0 Å². The number of anilines is 2. The van der Waals surface area contributed by atoms with Gasteiger partial charge in [-0.2, -0.15) is 0 Å². The van der Waals surface area contributed by atoms with Gasteiger partial charge in [0.05, 0.1) is 19.8 Å². The van der Waals surface area contributed by atoms with E-state index in [-0.39, 0.29) is 0 Å². The molecule has 0 radical (unpaired) electrons. The maximum absolute atomic E-state index is 5.38. The van der Waals surface area contributed by atoms with E-state index in [1.807, 2.05) is 20.0 Å². The summed E-state index contributed by atoms with van der Waals surface area (Å²) in [6.45, 7) is 5.48. The van der Waals surface area contributed by atoms with Gasteiger partial charge in [0, 0.05) is 33.4 Å². The number of hydrogen-bond acceptors (Lipinski definition) is 7. The summed E-state index contributed by atoms with van der Waals surface area (Å²) in [6, 6.07) is 1.85. The molecule has 0 atom stereocenters. The molecule has 7 heteroatoms. The summed E-state index contributed by atoms with van der Waals surface area (Å²) in [5, 5.41) is 6.21. The van der Waals surface area contributed by atoms with E-state index in [0.717, 1.165) is 11.6 Å². The van der Waals surface area contributed by atoms with Crippen LogP contribution in [0.3, 0.4) is 0 Å². The lowest BCUT2D eigenvalue weighted by Crippen LogP contribution is -2.14. The first kappa shape index (κ1) is 16.6. The molecule has 1 rings (SSSR count). The van der Waals surface area contributed by atoms with Crippen LogP contribution in [0.5, 0.6) is 0 Å². The largest absolute Gasteiger partial charge is 0.382 e. The van der Waals surface area contributed by atoms with Crippen LogP contribution in [0.25, 0.3) is 0 Å². The molecule has 1 aromatic rings. The van der Waals surface area contributed by atoms with Crippen molar-refractivity contribution in [3.63, 3.8) is 0 Å². The van der Waals surface area contributed by atoms with Gasteiger partial charge in [-0.05, 0) is 6.92 Å². The molecule has 0 fully saturated rings. The van der Waals surface area contributed by atoms with Crippen LogP contribution in [0, 0.1) is 0 Å². The fraction of sp³-hybridized carbons (Fsp3) is 0.692. The lowest BCUT2D eigenvalue weighted by molar-refractivity contribution is 0.0759. The molecule has 1 heterocycles. The molecule has 2 N–H and O–H groups in total. The van der Waals surface area contributed by atoms with E-state index in [0.29, 0.717) is 45.4 Å². The molecule has 0 aliphatic carbocycles. The van der Waals surface area contributed by atoms with Gasteiger partial charge in [0.25, 0.3) is 0 Å². The minimum atomic E-state index is 0.408. The summed E-state index contributed by atoms with van der Waals surface area (Å²) in [4.78, 5) is 8.71. The highest BCUT2D eigenvalue weighted by Crippen LogP contribution is 2.11. The van der Waals surface area contributed by atoms with Crippen LogP contribution in [-0.2, 0) is 20.8 Å². The van der Waals surface area contributed by atoms with E-state index in [2.05, 4.69) is 20.6 Å². The number of hydrogen-bond donors (Lipinski definition) is 2. The molecule has 0 amide bonds. The molecule has 20 heavy (non-hydrogen) atoms. The molecule has 7 nitrogen and oxygen atoms in total. The van der Waals surface area contributed by atoms with Crippen LogP contribution in [0.4, 0.5) is 11.6 Å². The topological polar surface area (TPSA) is 77.5 Å². The first-order chi connectivity index (χ1) is 9.80. The van der Waals surface area contributed by atoms with Crippen molar-refractivity contribution in [1.82, 2.24) is 9.97 Å². The summed E-state index contributed by atoms with van der Waals surface area (Å²) >= 11 is 0. The average Bonchev–Trinajstić information content (AvgIpc) is 2.48. The van der Waals surface area contributed by atoms with Gasteiger partial charge >= 0.3 is 0 Å². The average molecular weight is 284 g/mol. The highest BCUT2D eigenvalue weighted by Gasteiger charge is 2.03. The van der Waals surface area contributed by atoms with Crippen molar-refractivity contribution in [1.29, 1.82) is 0 Å². The van der Waals surface area contributed by atoms with Crippen LogP contribution in [0.1, 0.15) is 12.7 Å². The number of rotatable bonds is 11. The first-order valence-electron chi connectivity index (χ1n) is 6.74. The predicted octanol–water partition coefficient (Wildman–Crippen LogP) is 1.13. The molecule has 0 spiro atoms. The summed E-state index contributed by atoms with van der Waals surface area (Å²) in [5.41, 5.74) is 0. The van der Waals surface area contributed by atoms with Gasteiger partial charge in [0.15, 0.2) is 5.82 Å². The zero-order valence-corrected chi connectivity index (χ0v) is 12.4. The van der Waals surface area contributed by atoms with Crippen LogP contribution in [0.2, 0.25) is 0 Å². The summed E-state index contributed by atoms with van der Waals surface area (Å²) in [5.74, 6) is 2.17. The standard InChI is InChI=1S/C13H24N4O3/c1-4-19-10-13-16-11(14-2)9-12(17-13)15-5-6-20-8-7-18-3/h9H,4-8,10H2,1-3H3,(H2,14,15,16,17). The van der Waals surface area contributed by atoms with Crippen LogP contribution in [-0.4, -0.2) is 57.1 Å². The van der Waals surface area contributed by atoms with Gasteiger partial charge in [-0.1, -0.05) is 0 Å². The Hall–Kier alpha value is -1.44. The van der Waals surface area contributed by atoms with Crippen molar-refractivity contribution in [3.05, 3.63) is 11.9 Å². The highest BCUT2D eigenvalue weighted by atomic mass is 16.5. The zero-order valence-electron chi connectivity index (χ0n) is 12.4. The summed E-state index contributed by atoms with van der Waals surface area (Å²) in [6.07, 6.45) is 0. The molecule has 1 aromatic heterocycles. The second-order valence-corrected chi connectivity index (χ2v) is 3.97. The van der Waals surface area contributed by atoms with Gasteiger partial charge in [-0.25, -0.2) is 9.97 Å². The zero-order chi connectivity index (χ0) is 14.6. The summed E-state index contributed by atoms with van der Waals surface area (Å²) in [7, 11) is 3.48. The predicted molar refractivity (Wildman–Crippen MR) is 78.1 cm³/mol. The Balaban J connectivity index is 2.42. The van der Waals surface area contributed by atoms with Crippen molar-refractivity contribution in [2.45, 2.75) is 13.5 Å². The van der Waals surface area contributed by atoms with E-state index in [9.17, 15) is 0 Å². The number of nitrogens with zero attached hydrogens (tertiary/aromatic N) is 2. The van der Waals surface area contributed by atoms with Gasteiger partial charge in [-0.15, -0.1) is 0 Å². The molecular formula is C13H24N4O3. The normalized spacial score (nSPS) is 10.6. The van der Waals surface area contributed by atoms with Gasteiger partial charge in [-0.3, -0.25) is 0 Å². The lowest BCUT2D eigenvalue weighted by Gasteiger charge is -2.10. The van der Waals surface area contributed by atoms with Crippen molar-refractivity contribution < 1.29 is 14.2 Å². The van der Waals surface area contributed by atoms with E-state index >= 15 is 0 Å². The van der Waals surface area contributed by atoms with E-state index in [4.69, 9.17) is 14.2 Å². The number of ether oxygens (including phenoxy) is 3. The van der Waals surface area contributed by atoms with Gasteiger partial charge in [0.1, 0.15) is 18.2 Å². The van der Waals surface area contributed by atoms with Crippen LogP contribution < -0.4 is 10.6 Å². The fourth-order valence-corrected chi connectivity index (χ4v) is 1.47. The second kappa shape index (κ2) is 10.4. The number of methoxy groups -OCH3 is 1. The maximum Gasteiger partial charge on any atom is 0.158 e. The van der Waals surface area contributed by atoms with Crippen molar-refractivity contribution >= 4 is 11.6 Å². The molecule has 0 unspecified atom stereocenters. The Morgan fingerprint density at radius 3 is 2.60 bits per heavy atom. The third-order valence-corrected chi connectivity index (χ3v) is 2.45. The van der Waals surface area contributed by atoms with E-state index in [1.54, 1.807) is 7.11 Å². The van der Waals surface area contributed by atoms with Gasteiger partial charge in [0.2, 0.25) is 0 Å². The maximum atomic E-state index is 5.38. The minimum Gasteiger partial charge on any atom is -0.382 e. The van der Waals surface area contributed by atoms with E-state index in [1.165, 1.54) is 0 Å². The SMILES string of the molecule is CCOCc1nc(NC)cc(NCCOCCOC)n1. The Morgan fingerprint density at radius 2 is 1.90 bits per heavy atom. The Morgan fingerprint density at radius 1 is 1.10 bits per heavy atom. The molecule has 0 aliphatic rings. The second-order valence-electron chi connectivity index (χ2n) is 3.97. The minimum absolute atomic E-state index is 0.408. The van der Waals surface area contributed by atoms with Crippen molar-refractivity contribution in [2.75, 3.05) is 57.8 Å². The fourth-order valence-electron chi connectivity index (χ4n) is 1.47. The molecule has 0 aliphatic heterocycles. The van der Waals surface area contributed by atoms with Crippen molar-refractivity contribution in [3.8, 4) is 0 Å².